The zero-order valence-electron chi connectivity index (χ0n) is 11.4. The molecule has 0 bridgehead atoms. The van der Waals surface area contributed by atoms with Crippen molar-refractivity contribution in [3.8, 4) is 0 Å². The van der Waals surface area contributed by atoms with Crippen LogP contribution in [0.1, 0.15) is 39.5 Å². The number of hydrogen-bond donors (Lipinski definition) is 2. The van der Waals surface area contributed by atoms with Gasteiger partial charge in [0.2, 0.25) is 0 Å². The third-order valence-electron chi connectivity index (χ3n) is 3.17. The first-order valence-electron chi connectivity index (χ1n) is 5.84. The average molecular weight is 291 g/mol. The van der Waals surface area contributed by atoms with E-state index < -0.39 is 21.2 Å². The molecule has 0 aliphatic heterocycles. The van der Waals surface area contributed by atoms with Crippen LogP contribution < -0.4 is 4.72 Å². The molecule has 0 spiro atoms. The van der Waals surface area contributed by atoms with E-state index in [4.69, 9.17) is 0 Å². The first-order chi connectivity index (χ1) is 7.99. The molecule has 6 heteroatoms. The topological polar surface area (TPSA) is 66.4 Å². The van der Waals surface area contributed by atoms with Gasteiger partial charge in [-0.1, -0.05) is 6.92 Å². The summed E-state index contributed by atoms with van der Waals surface area (Å²) in [7, 11) is -3.58. The van der Waals surface area contributed by atoms with Crippen molar-refractivity contribution in [3.63, 3.8) is 0 Å². The monoisotopic (exact) mass is 291 g/mol. The highest BCUT2D eigenvalue weighted by Gasteiger charge is 2.39. The second-order valence-corrected chi connectivity index (χ2v) is 8.44. The summed E-state index contributed by atoms with van der Waals surface area (Å²) in [6.07, 6.45) is 0.815. The summed E-state index contributed by atoms with van der Waals surface area (Å²) >= 11 is 1.26. The fourth-order valence-corrected chi connectivity index (χ4v) is 4.03. The van der Waals surface area contributed by atoms with Gasteiger partial charge in [0.1, 0.15) is 4.21 Å². The molecule has 104 valence electrons. The van der Waals surface area contributed by atoms with Gasteiger partial charge in [0.25, 0.3) is 10.0 Å². The molecule has 0 saturated carbocycles. The Morgan fingerprint density at radius 3 is 2.22 bits per heavy atom. The molecule has 4 nitrogen and oxygen atoms in total. The molecule has 0 aromatic carbocycles. The first-order valence-corrected chi connectivity index (χ1v) is 8.14. The molecule has 0 aliphatic carbocycles. The van der Waals surface area contributed by atoms with E-state index in [1.165, 1.54) is 11.3 Å². The summed E-state index contributed by atoms with van der Waals surface area (Å²) < 4.78 is 27.3. The van der Waals surface area contributed by atoms with Crippen molar-refractivity contribution >= 4 is 21.4 Å². The Morgan fingerprint density at radius 2 is 1.83 bits per heavy atom. The predicted molar refractivity (Wildman–Crippen MR) is 74.4 cm³/mol. The molecule has 0 unspecified atom stereocenters. The third kappa shape index (κ3) is 3.32. The molecule has 1 aromatic heterocycles. The lowest BCUT2D eigenvalue weighted by Crippen LogP contribution is -2.57. The number of nitrogens with one attached hydrogen (secondary N) is 1. The predicted octanol–water partition coefficient (Wildman–Crippen LogP) is 2.14. The summed E-state index contributed by atoms with van der Waals surface area (Å²) in [6.45, 7) is 8.48. The van der Waals surface area contributed by atoms with Crippen molar-refractivity contribution in [2.75, 3.05) is 0 Å². The second-order valence-electron chi connectivity index (χ2n) is 5.36. The Balaban J connectivity index is 3.02. The number of thiophene rings is 1. The summed E-state index contributed by atoms with van der Waals surface area (Å²) in [6, 6.07) is 3.42. The van der Waals surface area contributed by atoms with Gasteiger partial charge in [-0.2, -0.15) is 0 Å². The Kier molecular flexibility index (Phi) is 4.27. The van der Waals surface area contributed by atoms with Gasteiger partial charge in [0.05, 0.1) is 11.1 Å². The van der Waals surface area contributed by atoms with Crippen LogP contribution in [0.5, 0.6) is 0 Å². The number of sulfonamides is 1. The minimum absolute atomic E-state index is 0.289. The largest absolute Gasteiger partial charge is 0.389 e. The van der Waals surface area contributed by atoms with Crippen LogP contribution in [-0.2, 0) is 16.4 Å². The van der Waals surface area contributed by atoms with Gasteiger partial charge < -0.3 is 5.11 Å². The standard InChI is InChI=1S/C12H21NO3S2/c1-6-9-7-8-10(17-9)18(15,16)13-11(2,3)12(4,5)14/h7-8,13-14H,6H2,1-5H3. The summed E-state index contributed by atoms with van der Waals surface area (Å²) in [5.74, 6) is 0. The molecule has 1 rings (SSSR count). The van der Waals surface area contributed by atoms with Crippen LogP contribution in [0.4, 0.5) is 0 Å². The molecular formula is C12H21NO3S2. The Hall–Kier alpha value is -0.430. The van der Waals surface area contributed by atoms with Crippen LogP contribution >= 0.6 is 11.3 Å². The maximum absolute atomic E-state index is 12.2. The fraction of sp³-hybridized carbons (Fsp3) is 0.667. The number of aliphatic hydroxyl groups is 1. The Bertz CT molecular complexity index is 510. The summed E-state index contributed by atoms with van der Waals surface area (Å²) in [5.41, 5.74) is -2.09. The molecule has 0 radical (unpaired) electrons. The summed E-state index contributed by atoms with van der Waals surface area (Å²) in [4.78, 5) is 1.02. The smallest absolute Gasteiger partial charge is 0.250 e. The lowest BCUT2D eigenvalue weighted by Gasteiger charge is -2.37. The molecule has 18 heavy (non-hydrogen) atoms. The van der Waals surface area contributed by atoms with Gasteiger partial charge in [-0.15, -0.1) is 11.3 Å². The SMILES string of the molecule is CCc1ccc(S(=O)(=O)NC(C)(C)C(C)(C)O)s1. The molecule has 1 heterocycles. The van der Waals surface area contributed by atoms with Crippen LogP contribution in [0, 0.1) is 0 Å². The maximum atomic E-state index is 12.2. The maximum Gasteiger partial charge on any atom is 0.250 e. The second kappa shape index (κ2) is 4.92. The van der Waals surface area contributed by atoms with E-state index in [1.54, 1.807) is 33.8 Å². The van der Waals surface area contributed by atoms with Gasteiger partial charge in [-0.3, -0.25) is 0 Å². The van der Waals surface area contributed by atoms with Crippen molar-refractivity contribution in [2.24, 2.45) is 0 Å². The highest BCUT2D eigenvalue weighted by Crippen LogP contribution is 2.27. The van der Waals surface area contributed by atoms with E-state index in [9.17, 15) is 13.5 Å². The normalized spacial score (nSPS) is 13.9. The van der Waals surface area contributed by atoms with Crippen molar-refractivity contribution in [2.45, 2.75) is 56.4 Å². The van der Waals surface area contributed by atoms with Gasteiger partial charge in [0.15, 0.2) is 0 Å². The van der Waals surface area contributed by atoms with E-state index in [2.05, 4.69) is 4.72 Å². The average Bonchev–Trinajstić information content (AvgIpc) is 2.62. The minimum Gasteiger partial charge on any atom is -0.389 e. The van der Waals surface area contributed by atoms with E-state index in [0.717, 1.165) is 11.3 Å². The van der Waals surface area contributed by atoms with Gasteiger partial charge >= 0.3 is 0 Å². The fourth-order valence-electron chi connectivity index (χ4n) is 1.20. The minimum atomic E-state index is -3.58. The molecule has 0 aliphatic rings. The lowest BCUT2D eigenvalue weighted by atomic mass is 9.87. The Labute approximate surface area is 113 Å². The van der Waals surface area contributed by atoms with E-state index in [1.807, 2.05) is 13.0 Å². The quantitative estimate of drug-likeness (QED) is 0.873. The first kappa shape index (κ1) is 15.6. The Morgan fingerprint density at radius 1 is 1.28 bits per heavy atom. The van der Waals surface area contributed by atoms with Crippen LogP contribution in [0.25, 0.3) is 0 Å². The van der Waals surface area contributed by atoms with Crippen LogP contribution in [0.2, 0.25) is 0 Å². The van der Waals surface area contributed by atoms with Crippen LogP contribution in [0.3, 0.4) is 0 Å². The number of aryl methyl sites for hydroxylation is 1. The van der Waals surface area contributed by atoms with E-state index >= 15 is 0 Å². The third-order valence-corrected chi connectivity index (χ3v) is 6.55. The van der Waals surface area contributed by atoms with Crippen molar-refractivity contribution in [3.05, 3.63) is 17.0 Å². The summed E-state index contributed by atoms with van der Waals surface area (Å²) in [5, 5.41) is 9.98. The molecule has 1 aromatic rings. The highest BCUT2D eigenvalue weighted by atomic mass is 32.2. The molecule has 0 atom stereocenters. The van der Waals surface area contributed by atoms with Crippen molar-refractivity contribution < 1.29 is 13.5 Å². The number of rotatable bonds is 5. The van der Waals surface area contributed by atoms with Crippen LogP contribution in [0.15, 0.2) is 16.3 Å². The zero-order chi connectivity index (χ0) is 14.2. The van der Waals surface area contributed by atoms with Crippen molar-refractivity contribution in [1.29, 1.82) is 0 Å². The zero-order valence-corrected chi connectivity index (χ0v) is 13.1. The highest BCUT2D eigenvalue weighted by molar-refractivity contribution is 7.91. The van der Waals surface area contributed by atoms with Gasteiger partial charge in [-0.25, -0.2) is 13.1 Å². The lowest BCUT2D eigenvalue weighted by molar-refractivity contribution is 0.00641. The van der Waals surface area contributed by atoms with Crippen molar-refractivity contribution in [1.82, 2.24) is 4.72 Å². The molecule has 0 fully saturated rings. The van der Waals surface area contributed by atoms with E-state index in [0.29, 0.717) is 0 Å². The molecule has 0 amide bonds. The molecule has 2 N–H and O–H groups in total. The van der Waals surface area contributed by atoms with E-state index in [-0.39, 0.29) is 4.21 Å². The van der Waals surface area contributed by atoms with Crippen LogP contribution in [-0.4, -0.2) is 24.7 Å². The van der Waals surface area contributed by atoms with Gasteiger partial charge in [0, 0.05) is 4.88 Å². The molecule has 0 saturated heterocycles. The van der Waals surface area contributed by atoms with Gasteiger partial charge in [-0.05, 0) is 46.2 Å². The number of hydrogen-bond acceptors (Lipinski definition) is 4. The molecular weight excluding hydrogens is 270 g/mol.